The quantitative estimate of drug-likeness (QED) is 0.915. The summed E-state index contributed by atoms with van der Waals surface area (Å²) in [4.78, 5) is 29.8. The Morgan fingerprint density at radius 1 is 1.50 bits per heavy atom. The highest BCUT2D eigenvalue weighted by molar-refractivity contribution is 7.18. The Balaban J connectivity index is 1.90. The standard InChI is InChI=1S/C14H15N3O2S/c1-8-16-11-6-10(3-4-12(11)20-8)17-7-9(5-13(17)18)14(19)15-2/h3-4,6,9H,5,7H2,1-2H3,(H,15,19). The Hall–Kier alpha value is -1.95. The van der Waals surface area contributed by atoms with Gasteiger partial charge in [-0.3, -0.25) is 9.59 Å². The van der Waals surface area contributed by atoms with E-state index in [2.05, 4.69) is 10.3 Å². The molecular weight excluding hydrogens is 274 g/mol. The zero-order valence-electron chi connectivity index (χ0n) is 11.3. The topological polar surface area (TPSA) is 62.3 Å². The number of aromatic nitrogens is 1. The Morgan fingerprint density at radius 2 is 2.30 bits per heavy atom. The normalized spacial score (nSPS) is 18.8. The van der Waals surface area contributed by atoms with E-state index in [0.29, 0.717) is 6.54 Å². The van der Waals surface area contributed by atoms with E-state index in [1.807, 2.05) is 25.1 Å². The lowest BCUT2D eigenvalue weighted by molar-refractivity contribution is -0.125. The molecule has 1 aliphatic heterocycles. The highest BCUT2D eigenvalue weighted by Gasteiger charge is 2.34. The van der Waals surface area contributed by atoms with E-state index in [0.717, 1.165) is 20.9 Å². The molecule has 104 valence electrons. The summed E-state index contributed by atoms with van der Waals surface area (Å²) in [5.74, 6) is -0.350. The summed E-state index contributed by atoms with van der Waals surface area (Å²) >= 11 is 1.63. The number of fused-ring (bicyclic) bond motifs is 1. The van der Waals surface area contributed by atoms with Gasteiger partial charge in [0.2, 0.25) is 11.8 Å². The Morgan fingerprint density at radius 3 is 3.05 bits per heavy atom. The maximum atomic E-state index is 12.1. The lowest BCUT2D eigenvalue weighted by atomic mass is 10.1. The van der Waals surface area contributed by atoms with Crippen molar-refractivity contribution in [3.05, 3.63) is 23.2 Å². The second-order valence-electron chi connectivity index (χ2n) is 4.90. The van der Waals surface area contributed by atoms with E-state index < -0.39 is 0 Å². The van der Waals surface area contributed by atoms with Crippen molar-refractivity contribution < 1.29 is 9.59 Å². The Labute approximate surface area is 120 Å². The summed E-state index contributed by atoms with van der Waals surface area (Å²) in [5, 5.41) is 3.61. The summed E-state index contributed by atoms with van der Waals surface area (Å²) in [6.45, 7) is 2.40. The smallest absolute Gasteiger partial charge is 0.227 e. The van der Waals surface area contributed by atoms with Crippen molar-refractivity contribution >= 4 is 39.1 Å². The molecule has 1 fully saturated rings. The van der Waals surface area contributed by atoms with Crippen molar-refractivity contribution in [2.45, 2.75) is 13.3 Å². The first kappa shape index (κ1) is 13.1. The van der Waals surface area contributed by atoms with Crippen LogP contribution in [0.15, 0.2) is 18.2 Å². The van der Waals surface area contributed by atoms with Gasteiger partial charge >= 0.3 is 0 Å². The molecule has 2 heterocycles. The summed E-state index contributed by atoms with van der Waals surface area (Å²) in [5.41, 5.74) is 1.72. The molecule has 3 rings (SSSR count). The summed E-state index contributed by atoms with van der Waals surface area (Å²) in [6.07, 6.45) is 0.272. The maximum Gasteiger partial charge on any atom is 0.227 e. The van der Waals surface area contributed by atoms with Gasteiger partial charge in [-0.05, 0) is 25.1 Å². The molecule has 1 aromatic heterocycles. The number of nitrogens with one attached hydrogen (secondary N) is 1. The van der Waals surface area contributed by atoms with Crippen LogP contribution in [-0.4, -0.2) is 30.4 Å². The van der Waals surface area contributed by atoms with E-state index in [9.17, 15) is 9.59 Å². The first-order valence-corrected chi connectivity index (χ1v) is 7.29. The van der Waals surface area contributed by atoms with E-state index in [4.69, 9.17) is 0 Å². The summed E-state index contributed by atoms with van der Waals surface area (Å²) < 4.78 is 1.11. The van der Waals surface area contributed by atoms with Gasteiger partial charge in [-0.1, -0.05) is 0 Å². The predicted octanol–water partition coefficient (Wildman–Crippen LogP) is 1.70. The largest absolute Gasteiger partial charge is 0.359 e. The third-order valence-corrected chi connectivity index (χ3v) is 4.48. The van der Waals surface area contributed by atoms with Gasteiger partial charge in [0.05, 0.1) is 21.1 Å². The van der Waals surface area contributed by atoms with Crippen molar-refractivity contribution in [1.82, 2.24) is 10.3 Å². The fraction of sp³-hybridized carbons (Fsp3) is 0.357. The van der Waals surface area contributed by atoms with Gasteiger partial charge < -0.3 is 10.2 Å². The number of rotatable bonds is 2. The van der Waals surface area contributed by atoms with Crippen molar-refractivity contribution in [3.63, 3.8) is 0 Å². The van der Waals surface area contributed by atoms with Crippen LogP contribution in [0.2, 0.25) is 0 Å². The number of nitrogens with zero attached hydrogens (tertiary/aromatic N) is 2. The molecule has 1 aliphatic rings. The van der Waals surface area contributed by atoms with Crippen LogP contribution in [0, 0.1) is 12.8 Å². The Bertz CT molecular complexity index is 695. The van der Waals surface area contributed by atoms with Gasteiger partial charge in [-0.2, -0.15) is 0 Å². The van der Waals surface area contributed by atoms with Gasteiger partial charge in [0.15, 0.2) is 0 Å². The van der Waals surface area contributed by atoms with Crippen LogP contribution in [0.5, 0.6) is 0 Å². The number of benzene rings is 1. The van der Waals surface area contributed by atoms with Gasteiger partial charge in [-0.25, -0.2) is 4.98 Å². The average molecular weight is 289 g/mol. The van der Waals surface area contributed by atoms with Crippen molar-refractivity contribution in [2.24, 2.45) is 5.92 Å². The van der Waals surface area contributed by atoms with Crippen molar-refractivity contribution in [3.8, 4) is 0 Å². The van der Waals surface area contributed by atoms with Gasteiger partial charge in [0, 0.05) is 25.7 Å². The summed E-state index contributed by atoms with van der Waals surface area (Å²) in [6, 6.07) is 5.82. The van der Waals surface area contributed by atoms with Gasteiger partial charge in [-0.15, -0.1) is 11.3 Å². The molecule has 1 N–H and O–H groups in total. The number of anilines is 1. The van der Waals surface area contributed by atoms with Crippen LogP contribution in [0.4, 0.5) is 5.69 Å². The van der Waals surface area contributed by atoms with Crippen LogP contribution < -0.4 is 10.2 Å². The molecule has 2 amide bonds. The van der Waals surface area contributed by atoms with Gasteiger partial charge in [0.1, 0.15) is 0 Å². The predicted molar refractivity (Wildman–Crippen MR) is 78.9 cm³/mol. The molecule has 0 radical (unpaired) electrons. The average Bonchev–Trinajstić information content (AvgIpc) is 2.98. The fourth-order valence-corrected chi connectivity index (χ4v) is 3.34. The molecule has 6 heteroatoms. The third kappa shape index (κ3) is 2.16. The monoisotopic (exact) mass is 289 g/mol. The van der Waals surface area contributed by atoms with E-state index in [1.54, 1.807) is 23.3 Å². The molecule has 1 saturated heterocycles. The number of amides is 2. The van der Waals surface area contributed by atoms with Crippen LogP contribution in [0.1, 0.15) is 11.4 Å². The minimum absolute atomic E-state index is 0.00935. The van der Waals surface area contributed by atoms with Crippen molar-refractivity contribution in [2.75, 3.05) is 18.5 Å². The molecule has 20 heavy (non-hydrogen) atoms. The van der Waals surface area contributed by atoms with E-state index in [-0.39, 0.29) is 24.2 Å². The molecule has 5 nitrogen and oxygen atoms in total. The van der Waals surface area contributed by atoms with Crippen LogP contribution in [0.3, 0.4) is 0 Å². The fourth-order valence-electron chi connectivity index (χ4n) is 2.54. The number of carbonyl (C=O) groups excluding carboxylic acids is 2. The second kappa shape index (κ2) is 4.86. The molecule has 1 aromatic carbocycles. The van der Waals surface area contributed by atoms with Crippen LogP contribution in [0.25, 0.3) is 10.2 Å². The highest BCUT2D eigenvalue weighted by atomic mass is 32.1. The number of thiazole rings is 1. The van der Waals surface area contributed by atoms with Crippen molar-refractivity contribution in [1.29, 1.82) is 0 Å². The molecule has 0 bridgehead atoms. The molecule has 0 saturated carbocycles. The third-order valence-electron chi connectivity index (χ3n) is 3.53. The maximum absolute atomic E-state index is 12.1. The zero-order valence-corrected chi connectivity index (χ0v) is 12.2. The molecule has 2 aromatic rings. The highest BCUT2D eigenvalue weighted by Crippen LogP contribution is 2.30. The van der Waals surface area contributed by atoms with E-state index in [1.165, 1.54) is 0 Å². The van der Waals surface area contributed by atoms with Gasteiger partial charge in [0.25, 0.3) is 0 Å². The van der Waals surface area contributed by atoms with Crippen LogP contribution in [-0.2, 0) is 9.59 Å². The lowest BCUT2D eigenvalue weighted by Gasteiger charge is -2.16. The summed E-state index contributed by atoms with van der Waals surface area (Å²) in [7, 11) is 1.60. The number of hydrogen-bond donors (Lipinski definition) is 1. The zero-order chi connectivity index (χ0) is 14.3. The first-order valence-electron chi connectivity index (χ1n) is 6.47. The first-order chi connectivity index (χ1) is 9.58. The lowest BCUT2D eigenvalue weighted by Crippen LogP contribution is -2.30. The number of carbonyl (C=O) groups is 2. The molecule has 0 spiro atoms. The molecule has 0 aliphatic carbocycles. The molecule has 1 unspecified atom stereocenters. The molecular formula is C14H15N3O2S. The SMILES string of the molecule is CNC(=O)C1CC(=O)N(c2ccc3sc(C)nc3c2)C1. The Kier molecular flexibility index (Phi) is 3.17. The number of aryl methyl sites for hydroxylation is 1. The minimum atomic E-state index is -0.264. The minimum Gasteiger partial charge on any atom is -0.359 e. The van der Waals surface area contributed by atoms with Crippen LogP contribution >= 0.6 is 11.3 Å². The van der Waals surface area contributed by atoms with E-state index >= 15 is 0 Å². The second-order valence-corrected chi connectivity index (χ2v) is 6.14. The number of hydrogen-bond acceptors (Lipinski definition) is 4. The molecule has 1 atom stereocenters.